The number of amides is 1. The quantitative estimate of drug-likeness (QED) is 0.746. The van der Waals surface area contributed by atoms with Crippen molar-refractivity contribution < 1.29 is 14.3 Å². The average molecular weight is 418 g/mol. The summed E-state index contributed by atoms with van der Waals surface area (Å²) in [5.41, 5.74) is 3.92. The summed E-state index contributed by atoms with van der Waals surface area (Å²) < 4.78 is 10.8. The van der Waals surface area contributed by atoms with Crippen molar-refractivity contribution in [1.82, 2.24) is 4.90 Å². The zero-order valence-electron chi connectivity index (χ0n) is 17.2. The van der Waals surface area contributed by atoms with Crippen molar-refractivity contribution in [3.8, 4) is 5.75 Å². The second-order valence-electron chi connectivity index (χ2n) is 7.25. The Labute approximate surface area is 177 Å². The van der Waals surface area contributed by atoms with E-state index in [1.54, 1.807) is 13.2 Å². The van der Waals surface area contributed by atoms with Gasteiger partial charge in [-0.15, -0.1) is 0 Å². The van der Waals surface area contributed by atoms with Crippen molar-refractivity contribution in [2.24, 2.45) is 0 Å². The molecule has 6 nitrogen and oxygen atoms in total. The number of halogens is 1. The molecule has 0 aliphatic carbocycles. The largest absolute Gasteiger partial charge is 0.495 e. The molecule has 0 bridgehead atoms. The van der Waals surface area contributed by atoms with Crippen LogP contribution in [0.4, 0.5) is 11.4 Å². The van der Waals surface area contributed by atoms with Gasteiger partial charge in [0.1, 0.15) is 5.75 Å². The molecule has 0 radical (unpaired) electrons. The normalized spacial score (nSPS) is 14.2. The van der Waals surface area contributed by atoms with E-state index >= 15 is 0 Å². The van der Waals surface area contributed by atoms with Gasteiger partial charge in [0, 0.05) is 36.4 Å². The molecular weight excluding hydrogens is 390 g/mol. The van der Waals surface area contributed by atoms with Gasteiger partial charge in [-0.1, -0.05) is 29.8 Å². The summed E-state index contributed by atoms with van der Waals surface area (Å²) in [6.45, 7) is 6.10. The fraction of sp³-hybridized carbons (Fsp3) is 0.409. The van der Waals surface area contributed by atoms with Crippen LogP contribution < -0.4 is 15.0 Å². The minimum absolute atomic E-state index is 0.101. The third kappa shape index (κ3) is 5.63. The molecule has 0 saturated carbocycles. The van der Waals surface area contributed by atoms with Crippen molar-refractivity contribution in [3.05, 3.63) is 52.5 Å². The van der Waals surface area contributed by atoms with Crippen LogP contribution in [-0.2, 0) is 16.1 Å². The second kappa shape index (κ2) is 9.96. The fourth-order valence-corrected chi connectivity index (χ4v) is 3.62. The van der Waals surface area contributed by atoms with Gasteiger partial charge < -0.3 is 19.7 Å². The summed E-state index contributed by atoms with van der Waals surface area (Å²) in [6, 6.07) is 11.9. The molecule has 1 heterocycles. The molecule has 1 amide bonds. The van der Waals surface area contributed by atoms with E-state index in [2.05, 4.69) is 28.4 Å². The number of hydrogen-bond acceptors (Lipinski definition) is 5. The number of hydrogen-bond donors (Lipinski definition) is 1. The lowest BCUT2D eigenvalue weighted by molar-refractivity contribution is -0.117. The number of ether oxygens (including phenoxy) is 2. The van der Waals surface area contributed by atoms with Crippen molar-refractivity contribution in [2.45, 2.75) is 13.5 Å². The number of para-hydroxylation sites is 1. The number of anilines is 2. The minimum Gasteiger partial charge on any atom is -0.495 e. The van der Waals surface area contributed by atoms with E-state index < -0.39 is 0 Å². The number of nitrogens with one attached hydrogen (secondary N) is 1. The van der Waals surface area contributed by atoms with Gasteiger partial charge in [-0.25, -0.2) is 0 Å². The highest BCUT2D eigenvalue weighted by Crippen LogP contribution is 2.31. The van der Waals surface area contributed by atoms with Crippen molar-refractivity contribution in [2.75, 3.05) is 57.2 Å². The number of aryl methyl sites for hydroxylation is 1. The van der Waals surface area contributed by atoms with Gasteiger partial charge in [0.05, 0.1) is 32.6 Å². The molecule has 1 N–H and O–H groups in total. The molecule has 29 heavy (non-hydrogen) atoms. The first-order chi connectivity index (χ1) is 14.0. The van der Waals surface area contributed by atoms with Gasteiger partial charge in [-0.05, 0) is 37.2 Å². The Kier molecular flexibility index (Phi) is 7.36. The molecule has 3 rings (SSSR count). The van der Waals surface area contributed by atoms with E-state index in [0.29, 0.717) is 23.0 Å². The highest BCUT2D eigenvalue weighted by atomic mass is 35.5. The molecule has 0 spiro atoms. The Morgan fingerprint density at radius 3 is 2.72 bits per heavy atom. The number of carbonyl (C=O) groups excluding carboxylic acids is 1. The number of likely N-dealkylation sites (N-methyl/N-ethyl adjacent to an activating group) is 1. The van der Waals surface area contributed by atoms with Gasteiger partial charge in [-0.2, -0.15) is 0 Å². The topological polar surface area (TPSA) is 54.0 Å². The second-order valence-corrected chi connectivity index (χ2v) is 7.66. The Balaban J connectivity index is 1.63. The number of rotatable bonds is 7. The van der Waals surface area contributed by atoms with E-state index in [4.69, 9.17) is 21.1 Å². The van der Waals surface area contributed by atoms with E-state index in [9.17, 15) is 4.79 Å². The molecule has 7 heteroatoms. The molecule has 0 aromatic heterocycles. The highest BCUT2D eigenvalue weighted by molar-refractivity contribution is 6.31. The minimum atomic E-state index is -0.101. The van der Waals surface area contributed by atoms with Crippen molar-refractivity contribution >= 4 is 28.9 Å². The zero-order chi connectivity index (χ0) is 20.8. The van der Waals surface area contributed by atoms with Crippen LogP contribution in [0.2, 0.25) is 5.02 Å². The number of methoxy groups -OCH3 is 1. The van der Waals surface area contributed by atoms with Crippen LogP contribution in [0.5, 0.6) is 5.75 Å². The highest BCUT2D eigenvalue weighted by Gasteiger charge is 2.17. The zero-order valence-corrected chi connectivity index (χ0v) is 18.0. The van der Waals surface area contributed by atoms with Crippen LogP contribution in [0.1, 0.15) is 11.1 Å². The lowest BCUT2D eigenvalue weighted by Crippen LogP contribution is -2.37. The number of benzene rings is 2. The van der Waals surface area contributed by atoms with Crippen LogP contribution in [0.15, 0.2) is 36.4 Å². The standard InChI is InChI=1S/C22H28ClN3O3/c1-16-12-19(21(28-3)13-18(16)23)24-22(27)15-25(2)14-17-6-4-5-7-20(17)26-8-10-29-11-9-26/h4-7,12-13H,8-11,14-15H2,1-3H3,(H,24,27). The SMILES string of the molecule is COc1cc(Cl)c(C)cc1NC(=O)CN(C)Cc1ccccc1N1CCOCC1. The first-order valence-corrected chi connectivity index (χ1v) is 10.1. The van der Waals surface area contributed by atoms with Crippen LogP contribution in [0, 0.1) is 6.92 Å². The third-order valence-corrected chi connectivity index (χ3v) is 5.36. The maximum Gasteiger partial charge on any atom is 0.238 e. The molecular formula is C22H28ClN3O3. The van der Waals surface area contributed by atoms with Crippen LogP contribution in [0.3, 0.4) is 0 Å². The average Bonchev–Trinajstić information content (AvgIpc) is 2.71. The van der Waals surface area contributed by atoms with Gasteiger partial charge in [-0.3, -0.25) is 9.69 Å². The van der Waals surface area contributed by atoms with Crippen molar-refractivity contribution in [3.63, 3.8) is 0 Å². The van der Waals surface area contributed by atoms with Crippen LogP contribution >= 0.6 is 11.6 Å². The Morgan fingerprint density at radius 1 is 1.28 bits per heavy atom. The van der Waals surface area contributed by atoms with E-state index in [1.807, 2.05) is 31.0 Å². The summed E-state index contributed by atoms with van der Waals surface area (Å²) >= 11 is 6.14. The maximum atomic E-state index is 12.6. The number of nitrogens with zero attached hydrogens (tertiary/aromatic N) is 2. The van der Waals surface area contributed by atoms with E-state index in [1.165, 1.54) is 11.3 Å². The number of morpholine rings is 1. The summed E-state index contributed by atoms with van der Waals surface area (Å²) in [5.74, 6) is 0.450. The molecule has 0 atom stereocenters. The summed E-state index contributed by atoms with van der Waals surface area (Å²) in [7, 11) is 3.51. The monoisotopic (exact) mass is 417 g/mol. The number of carbonyl (C=O) groups is 1. The fourth-order valence-electron chi connectivity index (χ4n) is 3.47. The maximum absolute atomic E-state index is 12.6. The summed E-state index contributed by atoms with van der Waals surface area (Å²) in [5, 5.41) is 3.54. The first-order valence-electron chi connectivity index (χ1n) is 9.71. The molecule has 2 aromatic rings. The molecule has 1 aliphatic heterocycles. The smallest absolute Gasteiger partial charge is 0.238 e. The molecule has 156 valence electrons. The van der Waals surface area contributed by atoms with E-state index in [-0.39, 0.29) is 12.5 Å². The van der Waals surface area contributed by atoms with Gasteiger partial charge in [0.25, 0.3) is 0 Å². The van der Waals surface area contributed by atoms with Crippen LogP contribution in [0.25, 0.3) is 0 Å². The third-order valence-electron chi connectivity index (χ3n) is 4.95. The molecule has 1 saturated heterocycles. The first kappa shape index (κ1) is 21.4. The van der Waals surface area contributed by atoms with E-state index in [0.717, 1.165) is 31.9 Å². The van der Waals surface area contributed by atoms with Gasteiger partial charge >= 0.3 is 0 Å². The predicted octanol–water partition coefficient (Wildman–Crippen LogP) is 3.56. The predicted molar refractivity (Wildman–Crippen MR) is 117 cm³/mol. The lowest BCUT2D eigenvalue weighted by atomic mass is 10.1. The van der Waals surface area contributed by atoms with Crippen molar-refractivity contribution in [1.29, 1.82) is 0 Å². The summed E-state index contributed by atoms with van der Waals surface area (Å²) in [4.78, 5) is 16.9. The molecule has 1 fully saturated rings. The Morgan fingerprint density at radius 2 is 2.00 bits per heavy atom. The lowest BCUT2D eigenvalue weighted by Gasteiger charge is -2.31. The van der Waals surface area contributed by atoms with Gasteiger partial charge in [0.15, 0.2) is 0 Å². The Bertz CT molecular complexity index is 853. The molecule has 0 unspecified atom stereocenters. The summed E-state index contributed by atoms with van der Waals surface area (Å²) in [6.07, 6.45) is 0. The van der Waals surface area contributed by atoms with Gasteiger partial charge in [0.2, 0.25) is 5.91 Å². The molecule has 2 aromatic carbocycles. The Hall–Kier alpha value is -2.28. The molecule has 1 aliphatic rings. The van der Waals surface area contributed by atoms with Crippen LogP contribution in [-0.4, -0.2) is 57.8 Å².